The number of hydrogen-bond acceptors (Lipinski definition) is 3. The molecule has 0 aromatic rings. The van der Waals surface area contributed by atoms with Gasteiger partial charge in [0.15, 0.2) is 0 Å². The number of rotatable bonds is 7. The minimum atomic E-state index is -0.637. The maximum Gasteiger partial charge on any atom is 0.0660 e. The maximum atomic E-state index is 10.1. The lowest BCUT2D eigenvalue weighted by Gasteiger charge is -2.31. The van der Waals surface area contributed by atoms with Crippen LogP contribution in [0.25, 0.3) is 0 Å². The summed E-state index contributed by atoms with van der Waals surface area (Å²) in [6.45, 7) is 5.18. The fraction of sp³-hybridized carbons (Fsp3) is 1.00. The van der Waals surface area contributed by atoms with Gasteiger partial charge in [-0.25, -0.2) is 0 Å². The van der Waals surface area contributed by atoms with Crippen LogP contribution < -0.4 is 5.73 Å². The summed E-state index contributed by atoms with van der Waals surface area (Å²) in [4.78, 5) is 0. The molecule has 0 aromatic carbocycles. The molecule has 13 heavy (non-hydrogen) atoms. The van der Waals surface area contributed by atoms with Crippen molar-refractivity contribution in [2.75, 3.05) is 20.3 Å². The Balaban J connectivity index is 3.88. The fourth-order valence-corrected chi connectivity index (χ4v) is 1.64. The third-order valence-electron chi connectivity index (χ3n) is 2.69. The maximum absolute atomic E-state index is 10.1. The number of ether oxygens (including phenoxy) is 1. The molecule has 0 aliphatic heterocycles. The van der Waals surface area contributed by atoms with Crippen LogP contribution in [-0.2, 0) is 4.74 Å². The van der Waals surface area contributed by atoms with Gasteiger partial charge in [-0.2, -0.15) is 0 Å². The van der Waals surface area contributed by atoms with E-state index in [-0.39, 0.29) is 5.92 Å². The lowest BCUT2D eigenvalue weighted by molar-refractivity contribution is -0.0133. The molecule has 0 heterocycles. The quantitative estimate of drug-likeness (QED) is 0.591. The van der Waals surface area contributed by atoms with Crippen molar-refractivity contribution in [2.45, 2.75) is 38.7 Å². The second-order valence-corrected chi connectivity index (χ2v) is 3.79. The first-order valence-electron chi connectivity index (χ1n) is 4.99. The molecule has 3 nitrogen and oxygen atoms in total. The van der Waals surface area contributed by atoms with Crippen LogP contribution in [0.3, 0.4) is 0 Å². The van der Waals surface area contributed by atoms with E-state index >= 15 is 0 Å². The Morgan fingerprint density at radius 1 is 1.54 bits per heavy atom. The van der Waals surface area contributed by atoms with E-state index < -0.39 is 5.60 Å². The highest BCUT2D eigenvalue weighted by molar-refractivity contribution is 4.81. The molecular weight excluding hydrogens is 166 g/mol. The van der Waals surface area contributed by atoms with Crippen molar-refractivity contribution in [3.63, 3.8) is 0 Å². The Morgan fingerprint density at radius 3 is 2.54 bits per heavy atom. The predicted octanol–water partition coefficient (Wildman–Crippen LogP) is 1.15. The van der Waals surface area contributed by atoms with E-state index in [4.69, 9.17) is 10.5 Å². The zero-order valence-electron chi connectivity index (χ0n) is 9.05. The molecule has 0 rings (SSSR count). The molecule has 0 bridgehead atoms. The van der Waals surface area contributed by atoms with Crippen LogP contribution in [-0.4, -0.2) is 31.0 Å². The summed E-state index contributed by atoms with van der Waals surface area (Å²) in [5.41, 5.74) is 4.95. The van der Waals surface area contributed by atoms with Gasteiger partial charge in [0.25, 0.3) is 0 Å². The largest absolute Gasteiger partial charge is 0.390 e. The van der Waals surface area contributed by atoms with Gasteiger partial charge in [-0.3, -0.25) is 0 Å². The van der Waals surface area contributed by atoms with E-state index in [1.807, 2.05) is 6.92 Å². The molecule has 0 radical (unpaired) electrons. The average Bonchev–Trinajstić information content (AvgIpc) is 2.06. The molecule has 3 heteroatoms. The Labute approximate surface area is 81.3 Å². The molecule has 0 amide bonds. The first kappa shape index (κ1) is 12.9. The van der Waals surface area contributed by atoms with Gasteiger partial charge in [0.2, 0.25) is 0 Å². The minimum absolute atomic E-state index is 0.198. The summed E-state index contributed by atoms with van der Waals surface area (Å²) >= 11 is 0. The topological polar surface area (TPSA) is 55.5 Å². The van der Waals surface area contributed by atoms with Crippen molar-refractivity contribution in [3.8, 4) is 0 Å². The van der Waals surface area contributed by atoms with E-state index in [1.54, 1.807) is 7.11 Å². The van der Waals surface area contributed by atoms with Crippen molar-refractivity contribution in [1.29, 1.82) is 0 Å². The molecule has 2 unspecified atom stereocenters. The third-order valence-corrected chi connectivity index (χ3v) is 2.69. The summed E-state index contributed by atoms with van der Waals surface area (Å²) in [6.07, 6.45) is 2.58. The highest BCUT2D eigenvalue weighted by atomic mass is 16.5. The highest BCUT2D eigenvalue weighted by Crippen LogP contribution is 2.24. The van der Waals surface area contributed by atoms with Crippen molar-refractivity contribution >= 4 is 0 Å². The van der Waals surface area contributed by atoms with E-state index in [0.717, 1.165) is 19.3 Å². The van der Waals surface area contributed by atoms with Gasteiger partial charge < -0.3 is 15.6 Å². The summed E-state index contributed by atoms with van der Waals surface area (Å²) in [7, 11) is 1.68. The van der Waals surface area contributed by atoms with Gasteiger partial charge >= 0.3 is 0 Å². The second-order valence-electron chi connectivity index (χ2n) is 3.79. The average molecular weight is 189 g/mol. The third kappa shape index (κ3) is 4.60. The molecule has 0 fully saturated rings. The Kier molecular flexibility index (Phi) is 6.29. The molecule has 0 aliphatic rings. The van der Waals surface area contributed by atoms with Gasteiger partial charge in [-0.05, 0) is 38.6 Å². The lowest BCUT2D eigenvalue weighted by atomic mass is 9.83. The molecule has 0 aromatic heterocycles. The zero-order valence-corrected chi connectivity index (χ0v) is 9.05. The normalized spacial score (nSPS) is 18.2. The summed E-state index contributed by atoms with van der Waals surface area (Å²) in [5.74, 6) is 0.198. The van der Waals surface area contributed by atoms with Gasteiger partial charge in [0.1, 0.15) is 0 Å². The van der Waals surface area contributed by atoms with Gasteiger partial charge in [-0.15, -0.1) is 0 Å². The Bertz CT molecular complexity index is 122. The summed E-state index contributed by atoms with van der Waals surface area (Å²) < 4.78 is 4.94. The number of aliphatic hydroxyl groups is 1. The zero-order chi connectivity index (χ0) is 10.3. The highest BCUT2D eigenvalue weighted by Gasteiger charge is 2.28. The van der Waals surface area contributed by atoms with Crippen molar-refractivity contribution < 1.29 is 9.84 Å². The summed E-state index contributed by atoms with van der Waals surface area (Å²) in [5, 5.41) is 10.1. The van der Waals surface area contributed by atoms with E-state index in [1.165, 1.54) is 0 Å². The van der Waals surface area contributed by atoms with Crippen LogP contribution in [0.15, 0.2) is 0 Å². The minimum Gasteiger partial charge on any atom is -0.390 e. The molecular formula is C10H23NO2. The molecule has 2 atom stereocenters. The van der Waals surface area contributed by atoms with Gasteiger partial charge in [-0.1, -0.05) is 6.92 Å². The van der Waals surface area contributed by atoms with Crippen LogP contribution in [0.1, 0.15) is 33.1 Å². The number of hydrogen-bond donors (Lipinski definition) is 2. The van der Waals surface area contributed by atoms with Crippen LogP contribution in [0.2, 0.25) is 0 Å². The summed E-state index contributed by atoms with van der Waals surface area (Å²) in [6, 6.07) is 0. The Morgan fingerprint density at radius 2 is 2.15 bits per heavy atom. The van der Waals surface area contributed by atoms with Crippen LogP contribution in [0, 0.1) is 5.92 Å². The van der Waals surface area contributed by atoms with Crippen molar-refractivity contribution in [3.05, 3.63) is 0 Å². The fourth-order valence-electron chi connectivity index (χ4n) is 1.64. The van der Waals surface area contributed by atoms with E-state index in [0.29, 0.717) is 13.2 Å². The first-order valence-corrected chi connectivity index (χ1v) is 4.99. The lowest BCUT2D eigenvalue weighted by Crippen LogP contribution is -2.39. The molecule has 3 N–H and O–H groups in total. The Hall–Kier alpha value is -0.120. The van der Waals surface area contributed by atoms with Gasteiger partial charge in [0.05, 0.1) is 5.60 Å². The number of nitrogens with two attached hydrogens (primary N) is 1. The SMILES string of the molecule is CCC(CN)C(C)(O)CCCOC. The molecule has 0 saturated heterocycles. The smallest absolute Gasteiger partial charge is 0.0660 e. The first-order chi connectivity index (χ1) is 6.08. The number of methoxy groups -OCH3 is 1. The molecule has 0 saturated carbocycles. The molecule has 0 spiro atoms. The predicted molar refractivity (Wildman–Crippen MR) is 54.6 cm³/mol. The second kappa shape index (κ2) is 6.35. The molecule has 80 valence electrons. The molecule has 0 aliphatic carbocycles. The standard InChI is InChI=1S/C10H23NO2/c1-4-9(8-11)10(2,12)6-5-7-13-3/h9,12H,4-8,11H2,1-3H3. The van der Waals surface area contributed by atoms with Gasteiger partial charge in [0, 0.05) is 13.7 Å². The van der Waals surface area contributed by atoms with Crippen molar-refractivity contribution in [1.82, 2.24) is 0 Å². The van der Waals surface area contributed by atoms with Crippen LogP contribution in [0.4, 0.5) is 0 Å². The van der Waals surface area contributed by atoms with Crippen LogP contribution >= 0.6 is 0 Å². The van der Waals surface area contributed by atoms with E-state index in [9.17, 15) is 5.11 Å². The van der Waals surface area contributed by atoms with E-state index in [2.05, 4.69) is 6.92 Å². The van der Waals surface area contributed by atoms with Crippen LogP contribution in [0.5, 0.6) is 0 Å². The van der Waals surface area contributed by atoms with Crippen molar-refractivity contribution in [2.24, 2.45) is 11.7 Å². The monoisotopic (exact) mass is 189 g/mol.